The maximum absolute atomic E-state index is 13.0. The van der Waals surface area contributed by atoms with Gasteiger partial charge in [0.1, 0.15) is 10.5 Å². The number of aryl methyl sites for hydroxylation is 1. The van der Waals surface area contributed by atoms with Gasteiger partial charge < -0.3 is 14.2 Å². The molecule has 24 heavy (non-hydrogen) atoms. The van der Waals surface area contributed by atoms with E-state index in [-0.39, 0.29) is 5.91 Å². The lowest BCUT2D eigenvalue weighted by atomic mass is 10.1. The molecule has 3 aromatic rings. The lowest BCUT2D eigenvalue weighted by Gasteiger charge is -2.27. The number of nitrogens with zero attached hydrogens (tertiary/aromatic N) is 2. The molecule has 1 saturated heterocycles. The number of ether oxygens (including phenoxy) is 1. The standard InChI is InChI=1S/C19H20N2O2S/c1-14-4-2-3-5-16(14)13-21-17(12-15-6-11-24-19(15)21)18(22)20-7-9-23-10-8-20/h2-6,11-12H,7-10,13H2,1H3. The smallest absolute Gasteiger partial charge is 0.270 e. The number of carbonyl (C=O) groups excluding carboxylic acids is 1. The molecule has 1 fully saturated rings. The summed E-state index contributed by atoms with van der Waals surface area (Å²) in [6, 6.07) is 12.5. The van der Waals surface area contributed by atoms with Crippen LogP contribution in [0.4, 0.5) is 0 Å². The van der Waals surface area contributed by atoms with Crippen molar-refractivity contribution in [3.8, 4) is 0 Å². The maximum atomic E-state index is 13.0. The third-order valence-corrected chi connectivity index (χ3v) is 5.56. The van der Waals surface area contributed by atoms with E-state index >= 15 is 0 Å². The Kier molecular flexibility index (Phi) is 4.12. The Morgan fingerprint density at radius 2 is 2.00 bits per heavy atom. The van der Waals surface area contributed by atoms with E-state index in [1.165, 1.54) is 11.1 Å². The summed E-state index contributed by atoms with van der Waals surface area (Å²) in [6.45, 7) is 5.43. The van der Waals surface area contributed by atoms with Gasteiger partial charge in [-0.25, -0.2) is 0 Å². The molecule has 0 atom stereocenters. The zero-order valence-electron chi connectivity index (χ0n) is 13.7. The van der Waals surface area contributed by atoms with E-state index in [0.717, 1.165) is 22.5 Å². The summed E-state index contributed by atoms with van der Waals surface area (Å²) in [7, 11) is 0. The van der Waals surface area contributed by atoms with Crippen LogP contribution in [-0.4, -0.2) is 41.7 Å². The average Bonchev–Trinajstić information content (AvgIpc) is 3.19. The van der Waals surface area contributed by atoms with E-state index in [1.54, 1.807) is 11.3 Å². The zero-order valence-corrected chi connectivity index (χ0v) is 14.5. The van der Waals surface area contributed by atoms with Crippen LogP contribution < -0.4 is 0 Å². The molecule has 0 N–H and O–H groups in total. The summed E-state index contributed by atoms with van der Waals surface area (Å²) in [5.74, 6) is 0.107. The molecule has 3 heterocycles. The van der Waals surface area contributed by atoms with E-state index in [2.05, 4.69) is 47.2 Å². The minimum absolute atomic E-state index is 0.107. The lowest BCUT2D eigenvalue weighted by Crippen LogP contribution is -2.41. The number of carbonyl (C=O) groups is 1. The summed E-state index contributed by atoms with van der Waals surface area (Å²) in [5.41, 5.74) is 3.28. The number of benzene rings is 1. The molecule has 1 aliphatic heterocycles. The van der Waals surface area contributed by atoms with E-state index in [9.17, 15) is 4.79 Å². The number of hydrogen-bond acceptors (Lipinski definition) is 3. The summed E-state index contributed by atoms with van der Waals surface area (Å²) in [5, 5.41) is 3.23. The molecule has 0 saturated carbocycles. The van der Waals surface area contributed by atoms with Crippen LogP contribution >= 0.6 is 11.3 Å². The van der Waals surface area contributed by atoms with Crippen LogP contribution in [0.2, 0.25) is 0 Å². The Hall–Kier alpha value is -2.11. The van der Waals surface area contributed by atoms with Gasteiger partial charge in [0.25, 0.3) is 5.91 Å². The van der Waals surface area contributed by atoms with Crippen molar-refractivity contribution in [3.05, 3.63) is 58.6 Å². The molecule has 2 aromatic heterocycles. The molecule has 4 nitrogen and oxygen atoms in total. The minimum Gasteiger partial charge on any atom is -0.378 e. The largest absolute Gasteiger partial charge is 0.378 e. The molecule has 1 aliphatic rings. The molecule has 0 radical (unpaired) electrons. The lowest BCUT2D eigenvalue weighted by molar-refractivity contribution is 0.0296. The first kappa shape index (κ1) is 15.4. The first-order chi connectivity index (χ1) is 11.7. The number of hydrogen-bond donors (Lipinski definition) is 0. The monoisotopic (exact) mass is 340 g/mol. The highest BCUT2D eigenvalue weighted by molar-refractivity contribution is 7.16. The number of aromatic nitrogens is 1. The molecular formula is C19H20N2O2S. The highest BCUT2D eigenvalue weighted by Gasteiger charge is 2.23. The average molecular weight is 340 g/mol. The molecule has 124 valence electrons. The summed E-state index contributed by atoms with van der Waals surface area (Å²) in [4.78, 5) is 16.1. The summed E-state index contributed by atoms with van der Waals surface area (Å²) in [6.07, 6.45) is 0. The molecule has 4 rings (SSSR count). The predicted octanol–water partition coefficient (Wildman–Crippen LogP) is 3.53. The molecule has 0 spiro atoms. The quantitative estimate of drug-likeness (QED) is 0.731. The van der Waals surface area contributed by atoms with Gasteiger partial charge in [0, 0.05) is 25.0 Å². The Morgan fingerprint density at radius 3 is 2.79 bits per heavy atom. The van der Waals surface area contributed by atoms with Crippen molar-refractivity contribution in [2.24, 2.45) is 0 Å². The Bertz CT molecular complexity index is 875. The maximum Gasteiger partial charge on any atom is 0.270 e. The number of thiophene rings is 1. The molecule has 0 unspecified atom stereocenters. The first-order valence-electron chi connectivity index (χ1n) is 8.22. The van der Waals surface area contributed by atoms with Gasteiger partial charge in [-0.3, -0.25) is 4.79 Å². The van der Waals surface area contributed by atoms with Gasteiger partial charge in [-0.05, 0) is 35.6 Å². The van der Waals surface area contributed by atoms with Crippen molar-refractivity contribution in [2.75, 3.05) is 26.3 Å². The molecule has 1 aromatic carbocycles. The van der Waals surface area contributed by atoms with Crippen molar-refractivity contribution in [1.82, 2.24) is 9.47 Å². The number of morpholine rings is 1. The van der Waals surface area contributed by atoms with E-state index in [0.29, 0.717) is 26.3 Å². The van der Waals surface area contributed by atoms with Crippen LogP contribution in [0.25, 0.3) is 10.2 Å². The summed E-state index contributed by atoms with van der Waals surface area (Å²) >= 11 is 1.69. The topological polar surface area (TPSA) is 34.5 Å². The molecule has 0 bridgehead atoms. The Balaban J connectivity index is 1.74. The van der Waals surface area contributed by atoms with Crippen molar-refractivity contribution in [1.29, 1.82) is 0 Å². The van der Waals surface area contributed by atoms with Crippen LogP contribution in [-0.2, 0) is 11.3 Å². The molecular weight excluding hydrogens is 320 g/mol. The van der Waals surface area contributed by atoms with Crippen molar-refractivity contribution >= 4 is 27.5 Å². The van der Waals surface area contributed by atoms with Crippen LogP contribution in [0.1, 0.15) is 21.6 Å². The Labute approximate surface area is 145 Å². The van der Waals surface area contributed by atoms with Gasteiger partial charge in [-0.1, -0.05) is 24.3 Å². The molecule has 0 aliphatic carbocycles. The summed E-state index contributed by atoms with van der Waals surface area (Å²) < 4.78 is 7.54. The van der Waals surface area contributed by atoms with Crippen molar-refractivity contribution in [2.45, 2.75) is 13.5 Å². The van der Waals surface area contributed by atoms with Crippen LogP contribution in [0.15, 0.2) is 41.8 Å². The normalized spacial score (nSPS) is 15.1. The third kappa shape index (κ3) is 2.74. The fourth-order valence-electron chi connectivity index (χ4n) is 3.20. The van der Waals surface area contributed by atoms with Gasteiger partial charge in [0.2, 0.25) is 0 Å². The van der Waals surface area contributed by atoms with Crippen LogP contribution in [0.3, 0.4) is 0 Å². The van der Waals surface area contributed by atoms with Crippen LogP contribution in [0.5, 0.6) is 0 Å². The second-order valence-corrected chi connectivity index (χ2v) is 7.02. The number of amides is 1. The molecule has 1 amide bonds. The highest BCUT2D eigenvalue weighted by Crippen LogP contribution is 2.28. The van der Waals surface area contributed by atoms with Gasteiger partial charge in [-0.2, -0.15) is 0 Å². The zero-order chi connectivity index (χ0) is 16.5. The first-order valence-corrected chi connectivity index (χ1v) is 9.10. The van der Waals surface area contributed by atoms with E-state index in [1.807, 2.05) is 11.0 Å². The highest BCUT2D eigenvalue weighted by atomic mass is 32.1. The predicted molar refractivity (Wildman–Crippen MR) is 96.8 cm³/mol. The fourth-order valence-corrected chi connectivity index (χ4v) is 4.09. The Morgan fingerprint density at radius 1 is 1.21 bits per heavy atom. The van der Waals surface area contributed by atoms with Crippen LogP contribution in [0, 0.1) is 6.92 Å². The van der Waals surface area contributed by atoms with Crippen molar-refractivity contribution in [3.63, 3.8) is 0 Å². The fraction of sp³-hybridized carbons (Fsp3) is 0.316. The van der Waals surface area contributed by atoms with E-state index < -0.39 is 0 Å². The van der Waals surface area contributed by atoms with Gasteiger partial charge in [0.15, 0.2) is 0 Å². The van der Waals surface area contributed by atoms with Gasteiger partial charge in [-0.15, -0.1) is 11.3 Å². The van der Waals surface area contributed by atoms with E-state index in [4.69, 9.17) is 4.74 Å². The minimum atomic E-state index is 0.107. The van der Waals surface area contributed by atoms with Gasteiger partial charge >= 0.3 is 0 Å². The van der Waals surface area contributed by atoms with Gasteiger partial charge in [0.05, 0.1) is 13.2 Å². The third-order valence-electron chi connectivity index (χ3n) is 4.61. The second kappa shape index (κ2) is 6.42. The SMILES string of the molecule is Cc1ccccc1Cn1c(C(=O)N2CCOCC2)cc2ccsc21. The second-order valence-electron chi connectivity index (χ2n) is 6.13. The number of rotatable bonds is 3. The molecule has 5 heteroatoms. The number of fused-ring (bicyclic) bond motifs is 1. The van der Waals surface area contributed by atoms with Crippen molar-refractivity contribution < 1.29 is 9.53 Å².